The number of ether oxygens (including phenoxy) is 3. The topological polar surface area (TPSA) is 85.4 Å². The highest BCUT2D eigenvalue weighted by molar-refractivity contribution is 7.89. The van der Waals surface area contributed by atoms with Crippen LogP contribution in [0.15, 0.2) is 29.2 Å². The molecule has 0 bridgehead atoms. The van der Waals surface area contributed by atoms with Gasteiger partial charge in [0, 0.05) is 45.5 Å². The first-order chi connectivity index (χ1) is 14.0. The quantitative estimate of drug-likeness (QED) is 0.581. The molecule has 0 aromatic heterocycles. The summed E-state index contributed by atoms with van der Waals surface area (Å²) in [6.07, 6.45) is 1.81. The fourth-order valence-electron chi connectivity index (χ4n) is 3.58. The standard InChI is InChI=1S/C20H30N2O6S/c1-26-14-15-28-16-17-6-8-21(9-7-17)20(23)18-2-4-19(5-3-18)29(24,25)22-10-12-27-13-11-22/h2-5,17H,6-16H2,1H3. The van der Waals surface area contributed by atoms with E-state index in [0.717, 1.165) is 12.8 Å². The second-order valence-electron chi connectivity index (χ2n) is 7.34. The van der Waals surface area contributed by atoms with E-state index < -0.39 is 10.0 Å². The number of piperidine rings is 1. The average Bonchev–Trinajstić information content (AvgIpc) is 2.77. The van der Waals surface area contributed by atoms with Crippen LogP contribution in [0, 0.1) is 5.92 Å². The summed E-state index contributed by atoms with van der Waals surface area (Å²) in [4.78, 5) is 14.8. The number of carbonyl (C=O) groups is 1. The number of hydrogen-bond acceptors (Lipinski definition) is 6. The minimum absolute atomic E-state index is 0.0564. The molecule has 0 aliphatic carbocycles. The summed E-state index contributed by atoms with van der Waals surface area (Å²) in [7, 11) is -1.89. The Morgan fingerprint density at radius 3 is 2.34 bits per heavy atom. The maximum absolute atomic E-state index is 12.8. The molecule has 0 saturated carbocycles. The van der Waals surface area contributed by atoms with Gasteiger partial charge in [-0.2, -0.15) is 4.31 Å². The molecular formula is C20H30N2O6S. The van der Waals surface area contributed by atoms with E-state index in [0.29, 0.717) is 70.7 Å². The van der Waals surface area contributed by atoms with Gasteiger partial charge in [0.15, 0.2) is 0 Å². The van der Waals surface area contributed by atoms with E-state index in [1.54, 1.807) is 19.2 Å². The van der Waals surface area contributed by atoms with Crippen LogP contribution >= 0.6 is 0 Å². The van der Waals surface area contributed by atoms with Crippen molar-refractivity contribution in [2.75, 3.05) is 66.3 Å². The molecular weight excluding hydrogens is 396 g/mol. The number of hydrogen-bond donors (Lipinski definition) is 0. The SMILES string of the molecule is COCCOCC1CCN(C(=O)c2ccc(S(=O)(=O)N3CCOCC3)cc2)CC1. The summed E-state index contributed by atoms with van der Waals surface area (Å²) in [5, 5.41) is 0. The minimum atomic E-state index is -3.54. The minimum Gasteiger partial charge on any atom is -0.382 e. The molecule has 1 amide bonds. The highest BCUT2D eigenvalue weighted by Gasteiger charge is 2.27. The summed E-state index contributed by atoms with van der Waals surface area (Å²) >= 11 is 0. The van der Waals surface area contributed by atoms with Crippen LogP contribution in [0.5, 0.6) is 0 Å². The van der Waals surface area contributed by atoms with Gasteiger partial charge in [-0.05, 0) is 43.0 Å². The lowest BCUT2D eigenvalue weighted by molar-refractivity contribution is 0.0327. The Balaban J connectivity index is 1.53. The monoisotopic (exact) mass is 426 g/mol. The molecule has 162 valence electrons. The molecule has 0 radical (unpaired) electrons. The summed E-state index contributed by atoms with van der Waals surface area (Å²) < 4.78 is 42.6. The van der Waals surface area contributed by atoms with E-state index in [-0.39, 0.29) is 10.8 Å². The predicted molar refractivity (Wildman–Crippen MR) is 107 cm³/mol. The van der Waals surface area contributed by atoms with Gasteiger partial charge in [0.05, 0.1) is 31.3 Å². The molecule has 2 aliphatic heterocycles. The summed E-state index contributed by atoms with van der Waals surface area (Å²) in [6, 6.07) is 6.26. The van der Waals surface area contributed by atoms with Gasteiger partial charge < -0.3 is 19.1 Å². The maximum atomic E-state index is 12.8. The van der Waals surface area contributed by atoms with Crippen molar-refractivity contribution in [2.24, 2.45) is 5.92 Å². The zero-order chi connectivity index (χ0) is 20.7. The summed E-state index contributed by atoms with van der Waals surface area (Å²) in [5.74, 6) is 0.399. The number of rotatable bonds is 8. The van der Waals surface area contributed by atoms with Gasteiger partial charge in [-0.15, -0.1) is 0 Å². The van der Waals surface area contributed by atoms with Gasteiger partial charge in [0.2, 0.25) is 10.0 Å². The Kier molecular flexibility index (Phi) is 8.02. The third-order valence-corrected chi connectivity index (χ3v) is 7.31. The molecule has 0 N–H and O–H groups in total. The molecule has 0 unspecified atom stereocenters. The van der Waals surface area contributed by atoms with Crippen molar-refractivity contribution in [3.63, 3.8) is 0 Å². The van der Waals surface area contributed by atoms with Crippen molar-refractivity contribution in [2.45, 2.75) is 17.7 Å². The molecule has 9 heteroatoms. The number of amides is 1. The first-order valence-electron chi connectivity index (χ1n) is 10.1. The lowest BCUT2D eigenvalue weighted by Crippen LogP contribution is -2.40. The number of carbonyl (C=O) groups excluding carboxylic acids is 1. The van der Waals surface area contributed by atoms with Crippen molar-refractivity contribution in [1.82, 2.24) is 9.21 Å². The highest BCUT2D eigenvalue weighted by atomic mass is 32.2. The Morgan fingerprint density at radius 1 is 1.07 bits per heavy atom. The van der Waals surface area contributed by atoms with Crippen LogP contribution in [0.4, 0.5) is 0 Å². The largest absolute Gasteiger partial charge is 0.382 e. The summed E-state index contributed by atoms with van der Waals surface area (Å²) in [6.45, 7) is 4.77. The van der Waals surface area contributed by atoms with Gasteiger partial charge in [-0.3, -0.25) is 4.79 Å². The predicted octanol–water partition coefficient (Wildman–Crippen LogP) is 1.22. The van der Waals surface area contributed by atoms with Crippen LogP contribution in [-0.2, 0) is 24.2 Å². The number of methoxy groups -OCH3 is 1. The fraction of sp³-hybridized carbons (Fsp3) is 0.650. The van der Waals surface area contributed by atoms with Crippen molar-refractivity contribution in [3.8, 4) is 0 Å². The van der Waals surface area contributed by atoms with Gasteiger partial charge in [-0.1, -0.05) is 0 Å². The van der Waals surface area contributed by atoms with Crippen LogP contribution in [0.3, 0.4) is 0 Å². The molecule has 2 aliphatic rings. The third-order valence-electron chi connectivity index (χ3n) is 5.40. The first kappa shape index (κ1) is 22.2. The number of sulfonamides is 1. The van der Waals surface area contributed by atoms with E-state index in [1.807, 2.05) is 4.90 Å². The Morgan fingerprint density at radius 2 is 1.72 bits per heavy atom. The molecule has 0 atom stereocenters. The van der Waals surface area contributed by atoms with E-state index in [2.05, 4.69) is 0 Å². The van der Waals surface area contributed by atoms with Crippen LogP contribution in [0.25, 0.3) is 0 Å². The van der Waals surface area contributed by atoms with Gasteiger partial charge in [0.1, 0.15) is 0 Å². The second kappa shape index (κ2) is 10.5. The lowest BCUT2D eigenvalue weighted by Gasteiger charge is -2.32. The Hall–Kier alpha value is -1.52. The maximum Gasteiger partial charge on any atom is 0.253 e. The number of morpholine rings is 1. The average molecular weight is 427 g/mol. The van der Waals surface area contributed by atoms with E-state index in [1.165, 1.54) is 16.4 Å². The highest BCUT2D eigenvalue weighted by Crippen LogP contribution is 2.21. The van der Waals surface area contributed by atoms with E-state index in [9.17, 15) is 13.2 Å². The molecule has 2 heterocycles. The Labute approximate surface area is 172 Å². The van der Waals surface area contributed by atoms with Crippen molar-refractivity contribution < 1.29 is 27.4 Å². The number of likely N-dealkylation sites (tertiary alicyclic amines) is 1. The fourth-order valence-corrected chi connectivity index (χ4v) is 4.99. The van der Waals surface area contributed by atoms with Crippen molar-refractivity contribution in [3.05, 3.63) is 29.8 Å². The number of nitrogens with zero attached hydrogens (tertiary/aromatic N) is 2. The number of benzene rings is 1. The zero-order valence-electron chi connectivity index (χ0n) is 16.9. The van der Waals surface area contributed by atoms with Gasteiger partial charge >= 0.3 is 0 Å². The smallest absolute Gasteiger partial charge is 0.253 e. The van der Waals surface area contributed by atoms with Gasteiger partial charge in [-0.25, -0.2) is 8.42 Å². The molecule has 2 fully saturated rings. The van der Waals surface area contributed by atoms with E-state index >= 15 is 0 Å². The van der Waals surface area contributed by atoms with Crippen LogP contribution in [0.1, 0.15) is 23.2 Å². The van der Waals surface area contributed by atoms with Crippen LogP contribution in [-0.4, -0.2) is 89.9 Å². The van der Waals surface area contributed by atoms with Crippen molar-refractivity contribution >= 4 is 15.9 Å². The molecule has 0 spiro atoms. The van der Waals surface area contributed by atoms with Gasteiger partial charge in [0.25, 0.3) is 5.91 Å². The normalized spacial score (nSPS) is 19.4. The molecule has 3 rings (SSSR count). The van der Waals surface area contributed by atoms with Crippen LogP contribution < -0.4 is 0 Å². The summed E-state index contributed by atoms with van der Waals surface area (Å²) in [5.41, 5.74) is 0.515. The second-order valence-corrected chi connectivity index (χ2v) is 9.28. The van der Waals surface area contributed by atoms with E-state index in [4.69, 9.17) is 14.2 Å². The van der Waals surface area contributed by atoms with Crippen molar-refractivity contribution in [1.29, 1.82) is 0 Å². The molecule has 2 saturated heterocycles. The first-order valence-corrected chi connectivity index (χ1v) is 11.5. The van der Waals surface area contributed by atoms with Crippen LogP contribution in [0.2, 0.25) is 0 Å². The lowest BCUT2D eigenvalue weighted by atomic mass is 9.97. The third kappa shape index (κ3) is 5.76. The molecule has 1 aromatic carbocycles. The zero-order valence-corrected chi connectivity index (χ0v) is 17.7. The molecule has 8 nitrogen and oxygen atoms in total. The molecule has 1 aromatic rings. The molecule has 29 heavy (non-hydrogen) atoms. The Bertz CT molecular complexity index is 754.